The number of para-hydroxylation sites is 3. The number of methoxy groups -OCH3 is 1. The lowest BCUT2D eigenvalue weighted by molar-refractivity contribution is -0.146. The van der Waals surface area contributed by atoms with Crippen LogP contribution in [0.4, 0.5) is 17.1 Å². The van der Waals surface area contributed by atoms with E-state index in [0.717, 1.165) is 27.0 Å². The number of ether oxygens (including phenoxy) is 3. The molecule has 5 aromatic rings. The summed E-state index contributed by atoms with van der Waals surface area (Å²) in [6, 6.07) is 36.8. The summed E-state index contributed by atoms with van der Waals surface area (Å²) in [6.45, 7) is 7.04. The molecule has 8 nitrogen and oxygen atoms in total. The minimum atomic E-state index is -2.31. The number of aliphatic hydroxyl groups excluding tert-OH is 1. The fourth-order valence-corrected chi connectivity index (χ4v) is 13.3. The number of benzene rings is 5. The predicted octanol–water partition coefficient (Wildman–Crippen LogP) is 8.69. The maximum absolute atomic E-state index is 15.2. The van der Waals surface area contributed by atoms with Gasteiger partial charge in [0.2, 0.25) is 0 Å². The van der Waals surface area contributed by atoms with Crippen molar-refractivity contribution in [2.45, 2.75) is 50.2 Å². The van der Waals surface area contributed by atoms with Crippen molar-refractivity contribution in [2.75, 3.05) is 23.5 Å². The van der Waals surface area contributed by atoms with Crippen molar-refractivity contribution in [2.24, 2.45) is 5.92 Å². The fourth-order valence-electron chi connectivity index (χ4n) is 8.88. The van der Waals surface area contributed by atoms with E-state index in [9.17, 15) is 9.90 Å². The summed E-state index contributed by atoms with van der Waals surface area (Å²) >= 11 is 3.69. The van der Waals surface area contributed by atoms with Gasteiger partial charge in [0.25, 0.3) is 11.8 Å². The topological polar surface area (TPSA) is 88.5 Å². The molecule has 8 rings (SSSR count). The molecule has 3 heterocycles. The Labute approximate surface area is 319 Å². The van der Waals surface area contributed by atoms with Crippen LogP contribution in [0.3, 0.4) is 0 Å². The predicted molar refractivity (Wildman–Crippen MR) is 212 cm³/mol. The first kappa shape index (κ1) is 35.3. The van der Waals surface area contributed by atoms with Gasteiger partial charge in [-0.15, -0.1) is 0 Å². The Bertz CT molecular complexity index is 2230. The molecule has 1 N–H and O–H groups in total. The third kappa shape index (κ3) is 5.70. The first-order valence-corrected chi connectivity index (χ1v) is 21.8. The molecule has 0 radical (unpaired) electrons. The molecule has 0 unspecified atom stereocenters. The van der Waals surface area contributed by atoms with E-state index in [0.29, 0.717) is 34.9 Å². The molecular weight excluding hydrogens is 748 g/mol. The van der Waals surface area contributed by atoms with Crippen LogP contribution < -0.4 is 24.5 Å². The van der Waals surface area contributed by atoms with E-state index in [1.807, 2.05) is 95.9 Å². The zero-order chi connectivity index (χ0) is 37.1. The highest BCUT2D eigenvalue weighted by Gasteiger charge is 2.66. The second-order valence-corrected chi connectivity index (χ2v) is 20.2. The van der Waals surface area contributed by atoms with Crippen molar-refractivity contribution < 1.29 is 28.9 Å². The quantitative estimate of drug-likeness (QED) is 0.158. The van der Waals surface area contributed by atoms with Gasteiger partial charge in [0.15, 0.2) is 11.4 Å². The molecule has 1 fully saturated rings. The molecule has 2 amide bonds. The Morgan fingerprint density at radius 1 is 0.868 bits per heavy atom. The van der Waals surface area contributed by atoms with Gasteiger partial charge in [-0.25, -0.2) is 0 Å². The second kappa shape index (κ2) is 13.6. The summed E-state index contributed by atoms with van der Waals surface area (Å²) in [5, 5.41) is 11.5. The van der Waals surface area contributed by atoms with Gasteiger partial charge in [0.1, 0.15) is 11.5 Å². The van der Waals surface area contributed by atoms with E-state index in [1.165, 1.54) is 5.19 Å². The molecule has 270 valence electrons. The maximum Gasteiger partial charge on any atom is 0.266 e. The molecule has 3 aliphatic rings. The third-order valence-electron chi connectivity index (χ3n) is 11.4. The summed E-state index contributed by atoms with van der Waals surface area (Å²) in [5.41, 5.74) is 3.03. The Kier molecular flexibility index (Phi) is 9.05. The minimum absolute atomic E-state index is 0.0290. The number of amides is 2. The van der Waals surface area contributed by atoms with E-state index in [1.54, 1.807) is 24.1 Å². The lowest BCUT2D eigenvalue weighted by atomic mass is 9.82. The molecular formula is C43H41BrN2O6Si. The smallest absolute Gasteiger partial charge is 0.266 e. The average molecular weight is 790 g/mol. The number of carbonyl (C=O) groups is 2. The lowest BCUT2D eigenvalue weighted by Crippen LogP contribution is -2.51. The lowest BCUT2D eigenvalue weighted by Gasteiger charge is -2.37. The molecule has 1 saturated heterocycles. The van der Waals surface area contributed by atoms with Gasteiger partial charge in [-0.05, 0) is 84.3 Å². The number of rotatable bonds is 8. The SMILES string of the molecule is COc1ccc([Si](C)(C)[C@@H]2[C@@H](CCO)O[C@]3(C(=O)N(Cc4cccc(N5C(=O)c6ccccc6Oc6ccccc65)c4)c4ccc(Br)cc43)[C@H]2C)cc1. The van der Waals surface area contributed by atoms with Gasteiger partial charge in [-0.3, -0.25) is 14.5 Å². The summed E-state index contributed by atoms with van der Waals surface area (Å²) < 4.78 is 19.6. The van der Waals surface area contributed by atoms with Crippen molar-refractivity contribution in [1.29, 1.82) is 0 Å². The highest BCUT2D eigenvalue weighted by molar-refractivity contribution is 9.10. The van der Waals surface area contributed by atoms with Gasteiger partial charge < -0.3 is 24.2 Å². The van der Waals surface area contributed by atoms with Crippen LogP contribution in [-0.4, -0.2) is 44.8 Å². The largest absolute Gasteiger partial charge is 0.497 e. The van der Waals surface area contributed by atoms with E-state index in [-0.39, 0.29) is 42.5 Å². The molecule has 0 aliphatic carbocycles. The van der Waals surface area contributed by atoms with Gasteiger partial charge in [0, 0.05) is 28.2 Å². The van der Waals surface area contributed by atoms with E-state index < -0.39 is 13.7 Å². The fraction of sp³-hybridized carbons (Fsp3) is 0.256. The van der Waals surface area contributed by atoms with Crippen molar-refractivity contribution in [1.82, 2.24) is 0 Å². The first-order valence-electron chi connectivity index (χ1n) is 17.9. The number of aliphatic hydroxyl groups is 1. The Morgan fingerprint density at radius 3 is 2.36 bits per heavy atom. The molecule has 0 aromatic heterocycles. The molecule has 53 heavy (non-hydrogen) atoms. The number of hydrogen-bond acceptors (Lipinski definition) is 6. The molecule has 0 bridgehead atoms. The van der Waals surface area contributed by atoms with Gasteiger partial charge in [-0.2, -0.15) is 0 Å². The van der Waals surface area contributed by atoms with Crippen LogP contribution in [0.1, 0.15) is 34.8 Å². The summed E-state index contributed by atoms with van der Waals surface area (Å²) in [4.78, 5) is 32.9. The number of fused-ring (bicyclic) bond motifs is 4. The van der Waals surface area contributed by atoms with Crippen LogP contribution in [0.5, 0.6) is 17.2 Å². The average Bonchev–Trinajstić information content (AvgIpc) is 3.53. The normalized spacial score (nSPS) is 22.0. The highest BCUT2D eigenvalue weighted by atomic mass is 79.9. The molecule has 10 heteroatoms. The van der Waals surface area contributed by atoms with Crippen molar-refractivity contribution in [3.63, 3.8) is 0 Å². The van der Waals surface area contributed by atoms with E-state index in [2.05, 4.69) is 48.1 Å². The van der Waals surface area contributed by atoms with Crippen LogP contribution >= 0.6 is 15.9 Å². The Balaban J connectivity index is 1.17. The van der Waals surface area contributed by atoms with E-state index >= 15 is 4.79 Å². The van der Waals surface area contributed by atoms with E-state index in [4.69, 9.17) is 14.2 Å². The van der Waals surface area contributed by atoms with Crippen molar-refractivity contribution >= 4 is 58.1 Å². The Hall–Kier alpha value is -4.74. The molecule has 0 saturated carbocycles. The first-order chi connectivity index (χ1) is 25.6. The van der Waals surface area contributed by atoms with Crippen LogP contribution in [0.2, 0.25) is 18.6 Å². The number of anilines is 3. The number of nitrogens with zero attached hydrogens (tertiary/aromatic N) is 2. The summed E-state index contributed by atoms with van der Waals surface area (Å²) in [5.74, 6) is 1.36. The number of hydrogen-bond donors (Lipinski definition) is 1. The third-order valence-corrected chi connectivity index (χ3v) is 16.2. The standard InChI is InChI=1S/C43H41BrN2O6Si/c1-27-40(53(3,4)32-19-17-31(50-2)18-20-32)39(22-23-47)52-43(27)34-25-29(44)16-21-35(34)45(42(43)49)26-28-10-9-11-30(24-28)46-36-13-6-8-15-38(36)51-37-14-7-5-12-33(37)41(46)48/h5-21,24-25,27,39-40,47H,22-23,26H2,1-4H3/t27-,39+,40-,43+/m0/s1. The molecule has 5 aromatic carbocycles. The van der Waals surface area contributed by atoms with Crippen molar-refractivity contribution in [3.05, 3.63) is 136 Å². The van der Waals surface area contributed by atoms with Gasteiger partial charge in [0.05, 0.1) is 44.8 Å². The van der Waals surface area contributed by atoms with Crippen LogP contribution in [0.25, 0.3) is 0 Å². The molecule has 1 spiro atoms. The zero-order valence-corrected chi connectivity index (χ0v) is 32.7. The van der Waals surface area contributed by atoms with Gasteiger partial charge >= 0.3 is 0 Å². The van der Waals surface area contributed by atoms with Crippen LogP contribution in [-0.2, 0) is 21.7 Å². The summed E-state index contributed by atoms with van der Waals surface area (Å²) in [7, 11) is -0.650. The van der Waals surface area contributed by atoms with Gasteiger partial charge in [-0.1, -0.05) is 89.7 Å². The minimum Gasteiger partial charge on any atom is -0.497 e. The maximum atomic E-state index is 15.2. The van der Waals surface area contributed by atoms with Crippen LogP contribution in [0, 0.1) is 5.92 Å². The monoisotopic (exact) mass is 788 g/mol. The Morgan fingerprint density at radius 2 is 1.60 bits per heavy atom. The molecule has 4 atom stereocenters. The van der Waals surface area contributed by atoms with Crippen LogP contribution in [0.15, 0.2) is 120 Å². The number of halogens is 1. The summed E-state index contributed by atoms with van der Waals surface area (Å²) in [6.07, 6.45) is 0.109. The highest BCUT2D eigenvalue weighted by Crippen LogP contribution is 2.60. The number of carbonyl (C=O) groups excluding carboxylic acids is 2. The van der Waals surface area contributed by atoms with Crippen molar-refractivity contribution in [3.8, 4) is 17.2 Å². The second-order valence-electron chi connectivity index (χ2n) is 14.6. The molecule has 3 aliphatic heterocycles. The zero-order valence-electron chi connectivity index (χ0n) is 30.1.